The number of sulfonamides is 1. The number of hydrogen-bond acceptors (Lipinski definition) is 5. The number of carbonyl (C=O) groups is 1. The van der Waals surface area contributed by atoms with Crippen molar-refractivity contribution in [3.63, 3.8) is 0 Å². The smallest absolute Gasteiger partial charge is 0.262 e. The van der Waals surface area contributed by atoms with Crippen LogP contribution in [0.15, 0.2) is 33.9 Å². The molecular weight excluding hydrogens is 448 g/mol. The van der Waals surface area contributed by atoms with E-state index in [-0.39, 0.29) is 17.5 Å². The number of rotatable bonds is 4. The van der Waals surface area contributed by atoms with Gasteiger partial charge in [0, 0.05) is 43.9 Å². The Hall–Kier alpha value is -1.91. The van der Waals surface area contributed by atoms with Gasteiger partial charge in [-0.3, -0.25) is 4.79 Å². The number of hydrogen-bond donors (Lipinski definition) is 0. The van der Waals surface area contributed by atoms with Crippen molar-refractivity contribution < 1.29 is 17.9 Å². The number of carbonyl (C=O) groups excluding carboxylic acids is 1. The Bertz CT molecular complexity index is 970. The van der Waals surface area contributed by atoms with Crippen molar-refractivity contribution in [2.45, 2.75) is 18.4 Å². The number of nitrogens with zero attached hydrogens (tertiary/aromatic N) is 4. The van der Waals surface area contributed by atoms with Gasteiger partial charge in [-0.15, -0.1) is 0 Å². The van der Waals surface area contributed by atoms with Crippen LogP contribution in [0.1, 0.15) is 22.6 Å². The van der Waals surface area contributed by atoms with Gasteiger partial charge in [-0.1, -0.05) is 0 Å². The second kappa shape index (κ2) is 8.22. The van der Waals surface area contributed by atoms with E-state index in [9.17, 15) is 13.2 Å². The zero-order valence-corrected chi connectivity index (χ0v) is 18.5. The second-order valence-electron chi connectivity index (χ2n) is 6.63. The van der Waals surface area contributed by atoms with Crippen molar-refractivity contribution in [3.8, 4) is 5.75 Å². The van der Waals surface area contributed by atoms with Crippen molar-refractivity contribution in [1.82, 2.24) is 18.8 Å². The van der Waals surface area contributed by atoms with Gasteiger partial charge < -0.3 is 14.2 Å². The molecule has 152 valence electrons. The SMILES string of the molecule is COc1ccc(Br)c(C(=O)N2CCCN(S(=O)(=O)c3cn(C)c(C)n3)CC2)c1. The molecule has 0 unspecified atom stereocenters. The minimum atomic E-state index is -3.69. The lowest BCUT2D eigenvalue weighted by atomic mass is 10.2. The molecule has 0 N–H and O–H groups in total. The van der Waals surface area contributed by atoms with E-state index in [1.54, 1.807) is 48.7 Å². The first-order chi connectivity index (χ1) is 13.2. The van der Waals surface area contributed by atoms with E-state index in [0.29, 0.717) is 47.7 Å². The summed E-state index contributed by atoms with van der Waals surface area (Å²) in [4.78, 5) is 18.8. The third-order valence-electron chi connectivity index (χ3n) is 4.84. The number of amides is 1. The van der Waals surface area contributed by atoms with Crippen LogP contribution >= 0.6 is 15.9 Å². The van der Waals surface area contributed by atoms with E-state index in [1.807, 2.05) is 0 Å². The van der Waals surface area contributed by atoms with Gasteiger partial charge in [0.1, 0.15) is 11.6 Å². The lowest BCUT2D eigenvalue weighted by Crippen LogP contribution is -2.37. The first-order valence-electron chi connectivity index (χ1n) is 8.87. The van der Waals surface area contributed by atoms with Crippen LogP contribution in [-0.2, 0) is 17.1 Å². The monoisotopic (exact) mass is 470 g/mol. The summed E-state index contributed by atoms with van der Waals surface area (Å²) in [5, 5.41) is 0.0443. The molecule has 1 aliphatic rings. The number of methoxy groups -OCH3 is 1. The van der Waals surface area contributed by atoms with Crippen LogP contribution in [0.4, 0.5) is 0 Å². The highest BCUT2D eigenvalue weighted by molar-refractivity contribution is 9.10. The van der Waals surface area contributed by atoms with Crippen LogP contribution in [0.25, 0.3) is 0 Å². The molecule has 0 radical (unpaired) electrons. The summed E-state index contributed by atoms with van der Waals surface area (Å²) in [6, 6.07) is 5.22. The quantitative estimate of drug-likeness (QED) is 0.682. The largest absolute Gasteiger partial charge is 0.497 e. The van der Waals surface area contributed by atoms with Crippen molar-refractivity contribution in [2.24, 2.45) is 7.05 Å². The molecule has 28 heavy (non-hydrogen) atoms. The van der Waals surface area contributed by atoms with Crippen LogP contribution in [0.2, 0.25) is 0 Å². The maximum atomic E-state index is 13.0. The topological polar surface area (TPSA) is 84.7 Å². The number of halogens is 1. The molecule has 3 rings (SSSR count). The third-order valence-corrected chi connectivity index (χ3v) is 7.30. The summed E-state index contributed by atoms with van der Waals surface area (Å²) in [6.07, 6.45) is 2.07. The van der Waals surface area contributed by atoms with Crippen LogP contribution in [0.3, 0.4) is 0 Å². The normalized spacial score (nSPS) is 16.1. The molecule has 2 heterocycles. The Morgan fingerprint density at radius 2 is 1.96 bits per heavy atom. The van der Waals surface area contributed by atoms with Gasteiger partial charge in [0.2, 0.25) is 0 Å². The van der Waals surface area contributed by atoms with Crippen LogP contribution in [0.5, 0.6) is 5.75 Å². The first-order valence-corrected chi connectivity index (χ1v) is 11.1. The van der Waals surface area contributed by atoms with Crippen molar-refractivity contribution in [2.75, 3.05) is 33.3 Å². The Balaban J connectivity index is 1.77. The molecule has 0 saturated carbocycles. The van der Waals surface area contributed by atoms with Gasteiger partial charge in [0.25, 0.3) is 15.9 Å². The molecule has 0 bridgehead atoms. The van der Waals surface area contributed by atoms with E-state index in [0.717, 1.165) is 0 Å². The number of imidazole rings is 1. The molecular formula is C18H23BrN4O4S. The number of benzene rings is 1. The fraction of sp³-hybridized carbons (Fsp3) is 0.444. The molecule has 10 heteroatoms. The molecule has 2 aromatic rings. The minimum Gasteiger partial charge on any atom is -0.497 e. The van der Waals surface area contributed by atoms with Gasteiger partial charge >= 0.3 is 0 Å². The Morgan fingerprint density at radius 3 is 2.61 bits per heavy atom. The van der Waals surface area contributed by atoms with E-state index >= 15 is 0 Å². The summed E-state index contributed by atoms with van der Waals surface area (Å²) in [6.45, 7) is 3.13. The van der Waals surface area contributed by atoms with E-state index in [1.165, 1.54) is 10.5 Å². The zero-order chi connectivity index (χ0) is 20.5. The van der Waals surface area contributed by atoms with E-state index < -0.39 is 10.0 Å². The highest BCUT2D eigenvalue weighted by Gasteiger charge is 2.31. The van der Waals surface area contributed by atoms with E-state index in [2.05, 4.69) is 20.9 Å². The number of ether oxygens (including phenoxy) is 1. The summed E-state index contributed by atoms with van der Waals surface area (Å²) < 4.78 is 34.8. The molecule has 1 aromatic carbocycles. The molecule has 0 atom stereocenters. The molecule has 0 spiro atoms. The summed E-state index contributed by atoms with van der Waals surface area (Å²) in [7, 11) is -0.378. The third kappa shape index (κ3) is 4.08. The lowest BCUT2D eigenvalue weighted by molar-refractivity contribution is 0.0763. The Kier molecular flexibility index (Phi) is 6.11. The van der Waals surface area contributed by atoms with Gasteiger partial charge in [-0.05, 0) is 47.5 Å². The molecule has 1 saturated heterocycles. The molecule has 1 amide bonds. The average Bonchev–Trinajstić information content (AvgIpc) is 2.87. The average molecular weight is 471 g/mol. The highest BCUT2D eigenvalue weighted by atomic mass is 79.9. The molecule has 1 fully saturated rings. The lowest BCUT2D eigenvalue weighted by Gasteiger charge is -2.22. The van der Waals surface area contributed by atoms with Crippen LogP contribution in [0, 0.1) is 6.92 Å². The fourth-order valence-electron chi connectivity index (χ4n) is 3.09. The van der Waals surface area contributed by atoms with Gasteiger partial charge in [-0.25, -0.2) is 13.4 Å². The first kappa shape index (κ1) is 20.8. The Labute approximate surface area is 173 Å². The summed E-state index contributed by atoms with van der Waals surface area (Å²) in [5.74, 6) is 1.07. The van der Waals surface area contributed by atoms with Gasteiger partial charge in [-0.2, -0.15) is 4.31 Å². The van der Waals surface area contributed by atoms with Crippen molar-refractivity contribution in [1.29, 1.82) is 0 Å². The second-order valence-corrected chi connectivity index (χ2v) is 9.37. The van der Waals surface area contributed by atoms with Crippen molar-refractivity contribution in [3.05, 3.63) is 40.3 Å². The Morgan fingerprint density at radius 1 is 1.21 bits per heavy atom. The molecule has 8 nitrogen and oxygen atoms in total. The fourth-order valence-corrected chi connectivity index (χ4v) is 5.00. The maximum Gasteiger partial charge on any atom is 0.262 e. The molecule has 1 aromatic heterocycles. The minimum absolute atomic E-state index is 0.0443. The van der Waals surface area contributed by atoms with Crippen molar-refractivity contribution >= 4 is 31.9 Å². The number of aryl methyl sites for hydroxylation is 2. The van der Waals surface area contributed by atoms with E-state index in [4.69, 9.17) is 4.74 Å². The summed E-state index contributed by atoms with van der Waals surface area (Å²) in [5.41, 5.74) is 0.496. The maximum absolute atomic E-state index is 13.0. The predicted octanol–water partition coefficient (Wildman–Crippen LogP) is 2.04. The van der Waals surface area contributed by atoms with Crippen LogP contribution < -0.4 is 4.74 Å². The summed E-state index contributed by atoms with van der Waals surface area (Å²) >= 11 is 3.41. The van der Waals surface area contributed by atoms with Gasteiger partial charge in [0.15, 0.2) is 5.03 Å². The number of aromatic nitrogens is 2. The highest BCUT2D eigenvalue weighted by Crippen LogP contribution is 2.25. The predicted molar refractivity (Wildman–Crippen MR) is 108 cm³/mol. The standard InChI is InChI=1S/C18H23BrN4O4S/c1-13-20-17(12-21(13)2)28(25,26)23-8-4-7-22(9-10-23)18(24)15-11-14(27-3)5-6-16(15)19/h5-6,11-12H,4,7-10H2,1-3H3. The van der Waals surface area contributed by atoms with Gasteiger partial charge in [0.05, 0.1) is 12.7 Å². The van der Waals surface area contributed by atoms with Crippen LogP contribution in [-0.4, -0.2) is 66.4 Å². The molecule has 1 aliphatic heterocycles. The zero-order valence-electron chi connectivity index (χ0n) is 16.1. The molecule has 0 aliphatic carbocycles.